The summed E-state index contributed by atoms with van der Waals surface area (Å²) in [7, 11) is 0. The first-order chi connectivity index (χ1) is 6.29. The molecule has 4 heteroatoms. The molecule has 1 aliphatic rings. The molecule has 3 nitrogen and oxygen atoms in total. The molecule has 2 rings (SSSR count). The van der Waals surface area contributed by atoms with Gasteiger partial charge >= 0.3 is 0 Å². The Morgan fingerprint density at radius 2 is 2.46 bits per heavy atom. The maximum absolute atomic E-state index is 4.15. The minimum atomic E-state index is 0.466. The summed E-state index contributed by atoms with van der Waals surface area (Å²) in [4.78, 5) is 0. The van der Waals surface area contributed by atoms with Crippen molar-refractivity contribution in [3.8, 4) is 0 Å². The van der Waals surface area contributed by atoms with Crippen molar-refractivity contribution >= 4 is 15.9 Å². The Kier molecular flexibility index (Phi) is 2.67. The summed E-state index contributed by atoms with van der Waals surface area (Å²) in [6.07, 6.45) is 4.80. The van der Waals surface area contributed by atoms with Crippen LogP contribution >= 0.6 is 15.9 Å². The van der Waals surface area contributed by atoms with E-state index in [9.17, 15) is 0 Å². The minimum Gasteiger partial charge on any atom is -0.252 e. The van der Waals surface area contributed by atoms with E-state index >= 15 is 0 Å². The Balaban J connectivity index is 1.99. The standard InChI is InChI=1S/C9H14BrN3/c1-7(4-10)9-6-13(12-11-9)5-8-2-3-8/h6-8H,2-5H2,1H3. The first-order valence-corrected chi connectivity index (χ1v) is 5.87. The van der Waals surface area contributed by atoms with Gasteiger partial charge in [-0.05, 0) is 18.8 Å². The SMILES string of the molecule is CC(CBr)c1cn(CC2CC2)nn1. The van der Waals surface area contributed by atoms with Gasteiger partial charge < -0.3 is 0 Å². The highest BCUT2D eigenvalue weighted by molar-refractivity contribution is 9.09. The van der Waals surface area contributed by atoms with Crippen LogP contribution in [0.15, 0.2) is 6.20 Å². The third-order valence-corrected chi connectivity index (χ3v) is 3.41. The topological polar surface area (TPSA) is 30.7 Å². The molecule has 1 heterocycles. The predicted molar refractivity (Wildman–Crippen MR) is 55.0 cm³/mol. The molecule has 1 unspecified atom stereocenters. The van der Waals surface area contributed by atoms with Crippen LogP contribution in [0.3, 0.4) is 0 Å². The van der Waals surface area contributed by atoms with E-state index in [1.807, 2.05) is 4.68 Å². The second-order valence-electron chi connectivity index (χ2n) is 3.86. The molecular weight excluding hydrogens is 230 g/mol. The molecule has 0 N–H and O–H groups in total. The number of alkyl halides is 1. The number of halogens is 1. The van der Waals surface area contributed by atoms with Crippen molar-refractivity contribution in [2.75, 3.05) is 5.33 Å². The van der Waals surface area contributed by atoms with Gasteiger partial charge in [-0.25, -0.2) is 0 Å². The second kappa shape index (κ2) is 3.78. The molecule has 0 spiro atoms. The van der Waals surface area contributed by atoms with Crippen LogP contribution < -0.4 is 0 Å². The van der Waals surface area contributed by atoms with Gasteiger partial charge in [-0.1, -0.05) is 28.1 Å². The summed E-state index contributed by atoms with van der Waals surface area (Å²) >= 11 is 3.45. The van der Waals surface area contributed by atoms with E-state index in [0.29, 0.717) is 5.92 Å². The highest BCUT2D eigenvalue weighted by atomic mass is 79.9. The first-order valence-electron chi connectivity index (χ1n) is 4.75. The molecular formula is C9H14BrN3. The zero-order valence-corrected chi connectivity index (χ0v) is 9.37. The average Bonchev–Trinajstić information content (AvgIpc) is 2.81. The van der Waals surface area contributed by atoms with Gasteiger partial charge in [-0.3, -0.25) is 4.68 Å². The summed E-state index contributed by atoms with van der Waals surface area (Å²) in [6.45, 7) is 3.21. The molecule has 1 aromatic rings. The monoisotopic (exact) mass is 243 g/mol. The number of rotatable bonds is 4. The van der Waals surface area contributed by atoms with Gasteiger partial charge in [-0.15, -0.1) is 5.10 Å². The van der Waals surface area contributed by atoms with Crippen LogP contribution in [0.2, 0.25) is 0 Å². The fourth-order valence-corrected chi connectivity index (χ4v) is 1.60. The van der Waals surface area contributed by atoms with E-state index in [1.54, 1.807) is 0 Å². The largest absolute Gasteiger partial charge is 0.252 e. The van der Waals surface area contributed by atoms with Crippen LogP contribution in [0.4, 0.5) is 0 Å². The van der Waals surface area contributed by atoms with E-state index in [4.69, 9.17) is 0 Å². The highest BCUT2D eigenvalue weighted by Crippen LogP contribution is 2.30. The van der Waals surface area contributed by atoms with Crippen molar-refractivity contribution in [3.05, 3.63) is 11.9 Å². The lowest BCUT2D eigenvalue weighted by Gasteiger charge is -2.00. The zero-order valence-electron chi connectivity index (χ0n) is 7.78. The lowest BCUT2D eigenvalue weighted by Crippen LogP contribution is -1.99. The molecule has 0 saturated heterocycles. The maximum Gasteiger partial charge on any atom is 0.0863 e. The quantitative estimate of drug-likeness (QED) is 0.760. The minimum absolute atomic E-state index is 0.466. The predicted octanol–water partition coefficient (Wildman–Crippen LogP) is 2.19. The van der Waals surface area contributed by atoms with Crippen LogP contribution in [0.5, 0.6) is 0 Å². The van der Waals surface area contributed by atoms with Crippen LogP contribution in [-0.2, 0) is 6.54 Å². The molecule has 1 aromatic heterocycles. The molecule has 72 valence electrons. The third kappa shape index (κ3) is 2.30. The van der Waals surface area contributed by atoms with Gasteiger partial charge in [-0.2, -0.15) is 0 Å². The number of hydrogen-bond donors (Lipinski definition) is 0. The Morgan fingerprint density at radius 1 is 1.69 bits per heavy atom. The van der Waals surface area contributed by atoms with E-state index in [2.05, 4.69) is 39.4 Å². The van der Waals surface area contributed by atoms with E-state index < -0.39 is 0 Å². The van der Waals surface area contributed by atoms with Crippen molar-refractivity contribution < 1.29 is 0 Å². The van der Waals surface area contributed by atoms with E-state index in [-0.39, 0.29) is 0 Å². The summed E-state index contributed by atoms with van der Waals surface area (Å²) in [5.74, 6) is 1.33. The van der Waals surface area contributed by atoms with Gasteiger partial charge in [0.15, 0.2) is 0 Å². The van der Waals surface area contributed by atoms with Gasteiger partial charge in [0.1, 0.15) is 0 Å². The Bertz CT molecular complexity index is 280. The fraction of sp³-hybridized carbons (Fsp3) is 0.778. The van der Waals surface area contributed by atoms with Gasteiger partial charge in [0, 0.05) is 24.0 Å². The van der Waals surface area contributed by atoms with Gasteiger partial charge in [0.05, 0.1) is 5.69 Å². The lowest BCUT2D eigenvalue weighted by atomic mass is 10.2. The third-order valence-electron chi connectivity index (χ3n) is 2.43. The van der Waals surface area contributed by atoms with Crippen LogP contribution in [0, 0.1) is 5.92 Å². The molecule has 0 aliphatic heterocycles. The van der Waals surface area contributed by atoms with E-state index in [0.717, 1.165) is 23.5 Å². The fourth-order valence-electron chi connectivity index (χ4n) is 1.27. The van der Waals surface area contributed by atoms with E-state index in [1.165, 1.54) is 12.8 Å². The van der Waals surface area contributed by atoms with Gasteiger partial charge in [0.2, 0.25) is 0 Å². The lowest BCUT2D eigenvalue weighted by molar-refractivity contribution is 0.544. The van der Waals surface area contributed by atoms with Crippen LogP contribution in [-0.4, -0.2) is 20.3 Å². The molecule has 1 aliphatic carbocycles. The summed E-state index contributed by atoms with van der Waals surface area (Å²) < 4.78 is 1.98. The van der Waals surface area contributed by atoms with Crippen molar-refractivity contribution in [1.82, 2.24) is 15.0 Å². The molecule has 0 amide bonds. The molecule has 0 radical (unpaired) electrons. The van der Waals surface area contributed by atoms with Gasteiger partial charge in [0.25, 0.3) is 0 Å². The van der Waals surface area contributed by atoms with Crippen LogP contribution in [0.1, 0.15) is 31.4 Å². The number of hydrogen-bond acceptors (Lipinski definition) is 2. The summed E-state index contributed by atoms with van der Waals surface area (Å²) in [5, 5.41) is 9.22. The maximum atomic E-state index is 4.15. The molecule has 13 heavy (non-hydrogen) atoms. The summed E-state index contributed by atoms with van der Waals surface area (Å²) in [6, 6.07) is 0. The number of aromatic nitrogens is 3. The normalized spacial score (nSPS) is 18.9. The van der Waals surface area contributed by atoms with Crippen molar-refractivity contribution in [3.63, 3.8) is 0 Å². The average molecular weight is 244 g/mol. The van der Waals surface area contributed by atoms with Crippen LogP contribution in [0.25, 0.3) is 0 Å². The van der Waals surface area contributed by atoms with Crippen molar-refractivity contribution in [2.24, 2.45) is 5.92 Å². The smallest absolute Gasteiger partial charge is 0.0863 e. The zero-order chi connectivity index (χ0) is 9.26. The van der Waals surface area contributed by atoms with Crippen molar-refractivity contribution in [2.45, 2.75) is 32.2 Å². The highest BCUT2D eigenvalue weighted by Gasteiger charge is 2.22. The molecule has 1 atom stereocenters. The Labute approximate surface area is 86.6 Å². The summed E-state index contributed by atoms with van der Waals surface area (Å²) in [5.41, 5.74) is 1.09. The Morgan fingerprint density at radius 3 is 3.08 bits per heavy atom. The molecule has 1 saturated carbocycles. The molecule has 0 aromatic carbocycles. The molecule has 1 fully saturated rings. The second-order valence-corrected chi connectivity index (χ2v) is 4.51. The first kappa shape index (κ1) is 9.19. The Hall–Kier alpha value is -0.380. The van der Waals surface area contributed by atoms with Crippen molar-refractivity contribution in [1.29, 1.82) is 0 Å². The number of nitrogens with zero attached hydrogens (tertiary/aromatic N) is 3. The molecule has 0 bridgehead atoms.